The summed E-state index contributed by atoms with van der Waals surface area (Å²) in [5, 5.41) is 7.84. The van der Waals surface area contributed by atoms with Gasteiger partial charge in [0.2, 0.25) is 0 Å². The molecule has 0 spiro atoms. The second-order valence-electron chi connectivity index (χ2n) is 8.23. The van der Waals surface area contributed by atoms with Gasteiger partial charge < -0.3 is 10.6 Å². The first kappa shape index (κ1) is 16.0. The van der Waals surface area contributed by atoms with Crippen LogP contribution in [0.5, 0.6) is 0 Å². The number of nitrogens with two attached hydrogens (primary N) is 1. The number of piperidine rings is 1. The largest absolute Gasteiger partial charge is 0.349 e. The maximum Gasteiger partial charge on any atom is 0.252 e. The summed E-state index contributed by atoms with van der Waals surface area (Å²) in [5.41, 5.74) is 1.07. The van der Waals surface area contributed by atoms with E-state index < -0.39 is 0 Å². The highest BCUT2D eigenvalue weighted by Crippen LogP contribution is 2.23. The molecule has 1 saturated heterocycles. The van der Waals surface area contributed by atoms with Crippen LogP contribution in [-0.2, 0) is 0 Å². The average Bonchev–Trinajstić information content (AvgIpc) is 2.43. The predicted octanol–water partition coefficient (Wildman–Crippen LogP) is 2.85. The lowest BCUT2D eigenvalue weighted by atomic mass is 9.79. The summed E-state index contributed by atoms with van der Waals surface area (Å²) in [7, 11) is 0. The quantitative estimate of drug-likeness (QED) is 0.880. The predicted molar refractivity (Wildman–Crippen MR) is 94.5 cm³/mol. The molecule has 0 saturated carbocycles. The summed E-state index contributed by atoms with van der Waals surface area (Å²) in [4.78, 5) is 12.8. The summed E-state index contributed by atoms with van der Waals surface area (Å²) < 4.78 is 0. The van der Waals surface area contributed by atoms with Crippen molar-refractivity contribution < 1.29 is 10.1 Å². The first-order valence-electron chi connectivity index (χ1n) is 8.42. The SMILES string of the molecule is CC1(C)CC(NC(=O)c2cccc3ccccc23)CC(C)(C)[NH2+]1. The summed E-state index contributed by atoms with van der Waals surface area (Å²) in [6.45, 7) is 9.02. The number of benzene rings is 2. The van der Waals surface area contributed by atoms with E-state index in [-0.39, 0.29) is 23.0 Å². The van der Waals surface area contributed by atoms with Crippen LogP contribution in [0.4, 0.5) is 0 Å². The van der Waals surface area contributed by atoms with Crippen LogP contribution in [0.2, 0.25) is 0 Å². The Morgan fingerprint density at radius 2 is 1.61 bits per heavy atom. The topological polar surface area (TPSA) is 45.7 Å². The van der Waals surface area contributed by atoms with Gasteiger partial charge in [0.25, 0.3) is 5.91 Å². The lowest BCUT2D eigenvalue weighted by Crippen LogP contribution is -3.06. The lowest BCUT2D eigenvalue weighted by Gasteiger charge is -2.43. The minimum atomic E-state index is 0.0419. The zero-order valence-corrected chi connectivity index (χ0v) is 14.5. The molecule has 3 nitrogen and oxygen atoms in total. The van der Waals surface area contributed by atoms with Crippen molar-refractivity contribution in [2.45, 2.75) is 57.7 Å². The number of rotatable bonds is 2. The molecule has 3 rings (SSSR count). The zero-order chi connectivity index (χ0) is 16.7. The number of nitrogens with one attached hydrogen (secondary N) is 1. The minimum absolute atomic E-state index is 0.0419. The summed E-state index contributed by atoms with van der Waals surface area (Å²) in [6, 6.07) is 14.2. The van der Waals surface area contributed by atoms with E-state index in [1.54, 1.807) is 0 Å². The fourth-order valence-corrected chi connectivity index (χ4v) is 4.31. The van der Waals surface area contributed by atoms with Crippen LogP contribution in [0.15, 0.2) is 42.5 Å². The van der Waals surface area contributed by atoms with Crippen LogP contribution in [0.1, 0.15) is 50.9 Å². The van der Waals surface area contributed by atoms with Crippen molar-refractivity contribution in [3.05, 3.63) is 48.0 Å². The van der Waals surface area contributed by atoms with Crippen molar-refractivity contribution in [3.8, 4) is 0 Å². The van der Waals surface area contributed by atoms with Crippen molar-refractivity contribution in [1.29, 1.82) is 0 Å². The van der Waals surface area contributed by atoms with Crippen LogP contribution in [0, 0.1) is 0 Å². The standard InChI is InChI=1S/C20H26N2O/c1-19(2)12-15(13-20(3,4)22-19)21-18(23)17-11-7-9-14-8-5-6-10-16(14)17/h5-11,15,22H,12-13H2,1-4H3,(H,21,23)/p+1. The van der Waals surface area contributed by atoms with Crippen LogP contribution in [0.25, 0.3) is 10.8 Å². The number of amides is 1. The second-order valence-corrected chi connectivity index (χ2v) is 8.23. The first-order chi connectivity index (χ1) is 10.8. The van der Waals surface area contributed by atoms with E-state index in [2.05, 4.69) is 38.3 Å². The van der Waals surface area contributed by atoms with Crippen molar-refractivity contribution in [2.24, 2.45) is 0 Å². The zero-order valence-electron chi connectivity index (χ0n) is 14.5. The van der Waals surface area contributed by atoms with Gasteiger partial charge in [0.15, 0.2) is 0 Å². The van der Waals surface area contributed by atoms with Gasteiger partial charge in [0.05, 0.1) is 11.1 Å². The molecule has 0 radical (unpaired) electrons. The number of quaternary nitrogens is 1. The fraction of sp³-hybridized carbons (Fsp3) is 0.450. The third-order valence-electron chi connectivity index (χ3n) is 4.70. The molecule has 1 fully saturated rings. The molecule has 2 aromatic rings. The minimum Gasteiger partial charge on any atom is -0.349 e. The Hall–Kier alpha value is -1.87. The van der Waals surface area contributed by atoms with E-state index in [0.29, 0.717) is 0 Å². The van der Waals surface area contributed by atoms with Gasteiger partial charge in [-0.15, -0.1) is 0 Å². The number of carbonyl (C=O) groups excluding carboxylic acids is 1. The fourth-order valence-electron chi connectivity index (χ4n) is 4.31. The van der Waals surface area contributed by atoms with E-state index in [0.717, 1.165) is 29.2 Å². The number of fused-ring (bicyclic) bond motifs is 1. The molecular formula is C20H27N2O+. The van der Waals surface area contributed by atoms with E-state index in [4.69, 9.17) is 0 Å². The molecule has 23 heavy (non-hydrogen) atoms. The van der Waals surface area contributed by atoms with Gasteiger partial charge in [0.1, 0.15) is 0 Å². The van der Waals surface area contributed by atoms with Crippen molar-refractivity contribution in [2.75, 3.05) is 0 Å². The van der Waals surface area contributed by atoms with Crippen molar-refractivity contribution in [1.82, 2.24) is 5.32 Å². The molecule has 0 aromatic heterocycles. The molecule has 1 aliphatic heterocycles. The van der Waals surface area contributed by atoms with E-state index in [1.807, 2.05) is 42.5 Å². The number of hydrogen-bond donors (Lipinski definition) is 2. The molecule has 0 atom stereocenters. The lowest BCUT2D eigenvalue weighted by molar-refractivity contribution is -0.787. The highest BCUT2D eigenvalue weighted by atomic mass is 16.1. The van der Waals surface area contributed by atoms with Gasteiger partial charge in [0, 0.05) is 24.4 Å². The third-order valence-corrected chi connectivity index (χ3v) is 4.70. The van der Waals surface area contributed by atoms with Gasteiger partial charge >= 0.3 is 0 Å². The third kappa shape index (κ3) is 3.56. The number of carbonyl (C=O) groups is 1. The molecule has 0 bridgehead atoms. The van der Waals surface area contributed by atoms with E-state index in [9.17, 15) is 4.79 Å². The van der Waals surface area contributed by atoms with Crippen LogP contribution in [-0.4, -0.2) is 23.0 Å². The Balaban J connectivity index is 1.84. The molecule has 3 N–H and O–H groups in total. The van der Waals surface area contributed by atoms with Gasteiger partial charge in [-0.3, -0.25) is 4.79 Å². The molecule has 2 aromatic carbocycles. The highest BCUT2D eigenvalue weighted by molar-refractivity contribution is 6.07. The Morgan fingerprint density at radius 1 is 1.00 bits per heavy atom. The Bertz CT molecular complexity index is 712. The normalized spacial score (nSPS) is 20.3. The molecule has 0 aliphatic carbocycles. The molecule has 1 aliphatic rings. The molecule has 3 heteroatoms. The molecule has 122 valence electrons. The highest BCUT2D eigenvalue weighted by Gasteiger charge is 2.42. The Morgan fingerprint density at radius 3 is 2.30 bits per heavy atom. The van der Waals surface area contributed by atoms with E-state index in [1.165, 1.54) is 0 Å². The summed E-state index contributed by atoms with van der Waals surface area (Å²) in [5.74, 6) is 0.0419. The smallest absolute Gasteiger partial charge is 0.252 e. The van der Waals surface area contributed by atoms with Crippen LogP contribution in [0.3, 0.4) is 0 Å². The molecular weight excluding hydrogens is 284 g/mol. The van der Waals surface area contributed by atoms with Gasteiger partial charge in [-0.2, -0.15) is 0 Å². The molecule has 0 unspecified atom stereocenters. The maximum atomic E-state index is 12.8. The summed E-state index contributed by atoms with van der Waals surface area (Å²) in [6.07, 6.45) is 1.99. The van der Waals surface area contributed by atoms with Crippen LogP contribution < -0.4 is 10.6 Å². The maximum absolute atomic E-state index is 12.8. The van der Waals surface area contributed by atoms with E-state index >= 15 is 0 Å². The molecule has 1 heterocycles. The Labute approximate surface area is 138 Å². The Kier molecular flexibility index (Phi) is 3.93. The van der Waals surface area contributed by atoms with Crippen molar-refractivity contribution in [3.63, 3.8) is 0 Å². The van der Waals surface area contributed by atoms with Gasteiger partial charge in [-0.25, -0.2) is 0 Å². The summed E-state index contributed by atoms with van der Waals surface area (Å²) >= 11 is 0. The number of hydrogen-bond acceptors (Lipinski definition) is 1. The molecule has 1 amide bonds. The average molecular weight is 311 g/mol. The second kappa shape index (κ2) is 5.64. The van der Waals surface area contributed by atoms with Gasteiger partial charge in [-0.05, 0) is 44.5 Å². The van der Waals surface area contributed by atoms with Crippen molar-refractivity contribution >= 4 is 16.7 Å². The monoisotopic (exact) mass is 311 g/mol. The van der Waals surface area contributed by atoms with Gasteiger partial charge in [-0.1, -0.05) is 36.4 Å². The van der Waals surface area contributed by atoms with Crippen LogP contribution >= 0.6 is 0 Å². The first-order valence-corrected chi connectivity index (χ1v) is 8.42.